The minimum absolute atomic E-state index is 0.0947. The van der Waals surface area contributed by atoms with Crippen LogP contribution in [0.3, 0.4) is 0 Å². The maximum absolute atomic E-state index is 6.44. The lowest BCUT2D eigenvalue weighted by molar-refractivity contribution is 0.187. The van der Waals surface area contributed by atoms with Crippen LogP contribution >= 0.6 is 0 Å². The van der Waals surface area contributed by atoms with Gasteiger partial charge in [0.15, 0.2) is 0 Å². The van der Waals surface area contributed by atoms with Crippen LogP contribution in [0.1, 0.15) is 45.4 Å². The van der Waals surface area contributed by atoms with Crippen molar-refractivity contribution in [3.63, 3.8) is 0 Å². The highest BCUT2D eigenvalue weighted by Gasteiger charge is 2.43. The lowest BCUT2D eigenvalue weighted by Crippen LogP contribution is -2.50. The first-order valence-electron chi connectivity index (χ1n) is 6.68. The Morgan fingerprint density at radius 2 is 1.80 bits per heavy atom. The average Bonchev–Trinajstić information content (AvgIpc) is 2.88. The fraction of sp³-hybridized carbons (Fsp3) is 1.00. The van der Waals surface area contributed by atoms with Crippen molar-refractivity contribution in [3.05, 3.63) is 0 Å². The normalized spacial score (nSPS) is 30.6. The van der Waals surface area contributed by atoms with E-state index in [1.807, 2.05) is 0 Å². The van der Waals surface area contributed by atoms with Crippen molar-refractivity contribution in [1.82, 2.24) is 4.90 Å². The van der Waals surface area contributed by atoms with Crippen molar-refractivity contribution < 1.29 is 0 Å². The van der Waals surface area contributed by atoms with Crippen molar-refractivity contribution in [2.24, 2.45) is 17.6 Å². The molecule has 15 heavy (non-hydrogen) atoms. The third kappa shape index (κ3) is 2.54. The van der Waals surface area contributed by atoms with Crippen molar-refractivity contribution in [3.8, 4) is 0 Å². The van der Waals surface area contributed by atoms with E-state index < -0.39 is 0 Å². The Morgan fingerprint density at radius 3 is 2.27 bits per heavy atom. The summed E-state index contributed by atoms with van der Waals surface area (Å²) in [4.78, 5) is 2.70. The number of nitrogens with zero attached hydrogens (tertiary/aromatic N) is 1. The molecule has 3 rings (SSSR count). The molecule has 0 amide bonds. The number of rotatable bonds is 6. The lowest BCUT2D eigenvalue weighted by atomic mass is 9.96. The predicted octanol–water partition coefficient (Wildman–Crippen LogP) is 1.99. The second-order valence-corrected chi connectivity index (χ2v) is 6.38. The Balaban J connectivity index is 1.56. The highest BCUT2D eigenvalue weighted by molar-refractivity contribution is 5.00. The van der Waals surface area contributed by atoms with E-state index in [9.17, 15) is 0 Å². The zero-order valence-corrected chi connectivity index (χ0v) is 9.91. The molecule has 2 nitrogen and oxygen atoms in total. The molecule has 1 unspecified atom stereocenters. The largest absolute Gasteiger partial charge is 0.324 e. The molecule has 0 aromatic carbocycles. The second-order valence-electron chi connectivity index (χ2n) is 6.38. The minimum Gasteiger partial charge on any atom is -0.324 e. The van der Waals surface area contributed by atoms with Crippen molar-refractivity contribution >= 4 is 0 Å². The fourth-order valence-electron chi connectivity index (χ4n) is 2.72. The van der Waals surface area contributed by atoms with Gasteiger partial charge in [-0.3, -0.25) is 4.90 Å². The lowest BCUT2D eigenvalue weighted by Gasteiger charge is -2.33. The van der Waals surface area contributed by atoms with Gasteiger partial charge in [0.1, 0.15) is 0 Å². The van der Waals surface area contributed by atoms with Gasteiger partial charge in [-0.1, -0.05) is 0 Å². The molecule has 0 spiro atoms. The molecule has 0 aliphatic heterocycles. The van der Waals surface area contributed by atoms with E-state index in [0.29, 0.717) is 0 Å². The van der Waals surface area contributed by atoms with Gasteiger partial charge in [0, 0.05) is 24.7 Å². The molecule has 0 radical (unpaired) electrons. The van der Waals surface area contributed by atoms with Crippen molar-refractivity contribution in [1.29, 1.82) is 0 Å². The molecule has 86 valence electrons. The molecule has 1 atom stereocenters. The first-order valence-corrected chi connectivity index (χ1v) is 6.68. The molecule has 3 aliphatic carbocycles. The van der Waals surface area contributed by atoms with Crippen LogP contribution in [0.15, 0.2) is 0 Å². The molecule has 2 N–H and O–H groups in total. The van der Waals surface area contributed by atoms with Crippen LogP contribution in [-0.4, -0.2) is 29.6 Å². The molecular weight excluding hydrogens is 184 g/mol. The van der Waals surface area contributed by atoms with Crippen LogP contribution in [0.5, 0.6) is 0 Å². The number of hydrogen-bond acceptors (Lipinski definition) is 2. The molecular formula is C13H24N2. The summed E-state index contributed by atoms with van der Waals surface area (Å²) in [5.41, 5.74) is 6.54. The monoisotopic (exact) mass is 208 g/mol. The quantitative estimate of drug-likeness (QED) is 0.723. The van der Waals surface area contributed by atoms with Gasteiger partial charge < -0.3 is 5.73 Å². The van der Waals surface area contributed by atoms with Gasteiger partial charge in [0.25, 0.3) is 0 Å². The van der Waals surface area contributed by atoms with E-state index in [1.165, 1.54) is 45.1 Å². The van der Waals surface area contributed by atoms with Gasteiger partial charge in [-0.25, -0.2) is 0 Å². The molecule has 2 heteroatoms. The summed E-state index contributed by atoms with van der Waals surface area (Å²) in [6.07, 6.45) is 8.52. The van der Waals surface area contributed by atoms with Crippen LogP contribution in [0, 0.1) is 11.8 Å². The Bertz CT molecular complexity index is 237. The summed E-state index contributed by atoms with van der Waals surface area (Å²) in [7, 11) is 0. The van der Waals surface area contributed by atoms with Gasteiger partial charge >= 0.3 is 0 Å². The standard InChI is InChI=1S/C13H24N2/c1-13(14,11-4-5-11)9-15(12-6-7-12)8-10-2-3-10/h10-12H,2-9,14H2,1H3. The predicted molar refractivity (Wildman–Crippen MR) is 62.6 cm³/mol. The Kier molecular flexibility index (Phi) is 2.33. The number of hydrogen-bond donors (Lipinski definition) is 1. The van der Waals surface area contributed by atoms with Gasteiger partial charge in [0.2, 0.25) is 0 Å². The van der Waals surface area contributed by atoms with E-state index in [0.717, 1.165) is 24.4 Å². The number of nitrogens with two attached hydrogens (primary N) is 1. The van der Waals surface area contributed by atoms with E-state index in [4.69, 9.17) is 5.73 Å². The Labute approximate surface area is 93.2 Å². The van der Waals surface area contributed by atoms with Crippen molar-refractivity contribution in [2.45, 2.75) is 57.0 Å². The molecule has 0 aromatic rings. The van der Waals surface area contributed by atoms with Crippen LogP contribution in [-0.2, 0) is 0 Å². The van der Waals surface area contributed by atoms with Gasteiger partial charge in [-0.2, -0.15) is 0 Å². The summed E-state index contributed by atoms with van der Waals surface area (Å²) in [5.74, 6) is 1.83. The maximum atomic E-state index is 6.44. The summed E-state index contributed by atoms with van der Waals surface area (Å²) < 4.78 is 0. The highest BCUT2D eigenvalue weighted by atomic mass is 15.2. The van der Waals surface area contributed by atoms with Gasteiger partial charge in [-0.15, -0.1) is 0 Å². The molecule has 0 heterocycles. The van der Waals surface area contributed by atoms with Gasteiger partial charge in [-0.05, 0) is 57.3 Å². The van der Waals surface area contributed by atoms with Crippen LogP contribution in [0.4, 0.5) is 0 Å². The third-order valence-corrected chi connectivity index (χ3v) is 4.31. The second kappa shape index (κ2) is 3.46. The van der Waals surface area contributed by atoms with Gasteiger partial charge in [0.05, 0.1) is 0 Å². The molecule has 0 bridgehead atoms. The summed E-state index contributed by atoms with van der Waals surface area (Å²) in [6.45, 7) is 4.76. The molecule has 3 saturated carbocycles. The zero-order valence-electron chi connectivity index (χ0n) is 9.91. The smallest absolute Gasteiger partial charge is 0.0283 e. The van der Waals surface area contributed by atoms with Crippen LogP contribution in [0.2, 0.25) is 0 Å². The summed E-state index contributed by atoms with van der Waals surface area (Å²) >= 11 is 0. The zero-order chi connectivity index (χ0) is 10.5. The Morgan fingerprint density at radius 1 is 1.13 bits per heavy atom. The summed E-state index contributed by atoms with van der Waals surface area (Å²) in [6, 6.07) is 0.896. The summed E-state index contributed by atoms with van der Waals surface area (Å²) in [5, 5.41) is 0. The fourth-order valence-corrected chi connectivity index (χ4v) is 2.72. The van der Waals surface area contributed by atoms with Crippen molar-refractivity contribution in [2.75, 3.05) is 13.1 Å². The average molecular weight is 208 g/mol. The maximum Gasteiger partial charge on any atom is 0.0283 e. The molecule has 0 aromatic heterocycles. The molecule has 3 fully saturated rings. The minimum atomic E-state index is 0.0947. The van der Waals surface area contributed by atoms with E-state index >= 15 is 0 Å². The Hall–Kier alpha value is -0.0800. The highest BCUT2D eigenvalue weighted by Crippen LogP contribution is 2.41. The van der Waals surface area contributed by atoms with E-state index in [2.05, 4.69) is 11.8 Å². The third-order valence-electron chi connectivity index (χ3n) is 4.31. The first-order chi connectivity index (χ1) is 7.15. The topological polar surface area (TPSA) is 29.3 Å². The molecule has 3 aliphatic rings. The van der Waals surface area contributed by atoms with E-state index in [-0.39, 0.29) is 5.54 Å². The van der Waals surface area contributed by atoms with Crippen LogP contribution in [0.25, 0.3) is 0 Å². The molecule has 0 saturated heterocycles. The van der Waals surface area contributed by atoms with Crippen LogP contribution < -0.4 is 5.73 Å². The van der Waals surface area contributed by atoms with E-state index in [1.54, 1.807) is 0 Å². The first kappa shape index (κ1) is 10.1. The SMILES string of the molecule is CC(N)(CN(CC1CC1)C1CC1)C1CC1.